The van der Waals surface area contributed by atoms with Crippen molar-refractivity contribution in [3.63, 3.8) is 0 Å². The van der Waals surface area contributed by atoms with Crippen LogP contribution in [-0.2, 0) is 16.2 Å². The van der Waals surface area contributed by atoms with Crippen molar-refractivity contribution in [2.45, 2.75) is 18.0 Å². The van der Waals surface area contributed by atoms with Crippen LogP contribution in [0, 0.1) is 18.3 Å². The van der Waals surface area contributed by atoms with Crippen molar-refractivity contribution in [3.05, 3.63) is 71.4 Å². The summed E-state index contributed by atoms with van der Waals surface area (Å²) in [6.45, 7) is 1.86. The molecule has 0 atom stereocenters. The highest BCUT2D eigenvalue weighted by atomic mass is 32.2. The van der Waals surface area contributed by atoms with E-state index in [0.717, 1.165) is 30.0 Å². The molecule has 3 N–H and O–H groups in total. The van der Waals surface area contributed by atoms with Gasteiger partial charge in [0, 0.05) is 30.5 Å². The van der Waals surface area contributed by atoms with Gasteiger partial charge in [0.15, 0.2) is 0 Å². The number of hydrogen-bond donors (Lipinski definition) is 3. The minimum Gasteiger partial charge on any atom is -0.353 e. The van der Waals surface area contributed by atoms with Crippen LogP contribution in [0.25, 0.3) is 0 Å². The highest BCUT2D eigenvalue weighted by Crippen LogP contribution is 2.29. The minimum absolute atomic E-state index is 0.0426. The molecule has 0 amide bonds. The number of sulfonamides is 1. The predicted molar refractivity (Wildman–Crippen MR) is 116 cm³/mol. The third-order valence-electron chi connectivity index (χ3n) is 4.33. The quantitative estimate of drug-likeness (QED) is 0.423. The van der Waals surface area contributed by atoms with E-state index in [2.05, 4.69) is 25.3 Å². The number of nitrogens with zero attached hydrogens (tertiary/aromatic N) is 3. The second kappa shape index (κ2) is 9.85. The van der Waals surface area contributed by atoms with Crippen LogP contribution in [0.5, 0.6) is 0 Å². The number of aryl methyl sites for hydroxylation is 1. The summed E-state index contributed by atoms with van der Waals surface area (Å²) in [5.74, 6) is 0.764. The van der Waals surface area contributed by atoms with Gasteiger partial charge in [0.2, 0.25) is 16.0 Å². The van der Waals surface area contributed by atoms with E-state index in [9.17, 15) is 21.6 Å². The average molecular weight is 476 g/mol. The molecule has 0 unspecified atom stereocenters. The fourth-order valence-electron chi connectivity index (χ4n) is 2.75. The van der Waals surface area contributed by atoms with Crippen LogP contribution < -0.4 is 15.4 Å². The van der Waals surface area contributed by atoms with Gasteiger partial charge in [-0.2, -0.15) is 23.4 Å². The molecule has 0 spiro atoms. The molecule has 172 valence electrons. The molecule has 33 heavy (non-hydrogen) atoms. The third-order valence-corrected chi connectivity index (χ3v) is 5.81. The van der Waals surface area contributed by atoms with Crippen molar-refractivity contribution in [2.24, 2.45) is 0 Å². The first-order chi connectivity index (χ1) is 15.6. The topological polar surface area (TPSA) is 120 Å². The normalized spacial score (nSPS) is 11.6. The van der Waals surface area contributed by atoms with Gasteiger partial charge in [-0.1, -0.05) is 0 Å². The summed E-state index contributed by atoms with van der Waals surface area (Å²) in [5, 5.41) is 14.9. The highest BCUT2D eigenvalue weighted by Gasteiger charge is 2.30. The van der Waals surface area contributed by atoms with Crippen LogP contribution in [0.2, 0.25) is 0 Å². The standard InChI is InChI=1S/C21H19F3N6O2S/c1-14-12-19(29-17-6-2-15(13-25)3-7-17)30-20(28-14)26-10-11-27-33(31,32)18-8-4-16(5-9-18)21(22,23)24/h2-9,12,27H,10-11H2,1H3,(H2,26,28,29,30). The Bertz CT molecular complexity index is 1260. The molecule has 0 radical (unpaired) electrons. The zero-order valence-corrected chi connectivity index (χ0v) is 18.1. The molecule has 0 aliphatic heterocycles. The number of alkyl halides is 3. The Morgan fingerprint density at radius 2 is 1.67 bits per heavy atom. The summed E-state index contributed by atoms with van der Waals surface area (Å²) >= 11 is 0. The molecule has 12 heteroatoms. The van der Waals surface area contributed by atoms with Crippen LogP contribution in [0.4, 0.5) is 30.6 Å². The summed E-state index contributed by atoms with van der Waals surface area (Å²) in [5.41, 5.74) is 0.988. The maximum Gasteiger partial charge on any atom is 0.416 e. The maximum atomic E-state index is 12.6. The van der Waals surface area contributed by atoms with Crippen LogP contribution in [0.3, 0.4) is 0 Å². The lowest BCUT2D eigenvalue weighted by Gasteiger charge is -2.11. The van der Waals surface area contributed by atoms with Gasteiger partial charge in [-0.15, -0.1) is 0 Å². The first-order valence-electron chi connectivity index (χ1n) is 9.60. The van der Waals surface area contributed by atoms with Gasteiger partial charge in [-0.25, -0.2) is 18.1 Å². The van der Waals surface area contributed by atoms with E-state index in [1.807, 2.05) is 6.07 Å². The van der Waals surface area contributed by atoms with Crippen LogP contribution in [0.1, 0.15) is 16.8 Å². The lowest BCUT2D eigenvalue weighted by molar-refractivity contribution is -0.137. The van der Waals surface area contributed by atoms with Crippen molar-refractivity contribution in [1.29, 1.82) is 5.26 Å². The Labute approximate surface area is 188 Å². The lowest BCUT2D eigenvalue weighted by atomic mass is 10.2. The minimum atomic E-state index is -4.54. The Hall–Kier alpha value is -3.69. The number of nitrogens with one attached hydrogen (secondary N) is 3. The van der Waals surface area contributed by atoms with Crippen LogP contribution in [0.15, 0.2) is 59.5 Å². The van der Waals surface area contributed by atoms with Gasteiger partial charge < -0.3 is 10.6 Å². The van der Waals surface area contributed by atoms with Crippen molar-refractivity contribution < 1.29 is 21.6 Å². The van der Waals surface area contributed by atoms with E-state index < -0.39 is 21.8 Å². The second-order valence-electron chi connectivity index (χ2n) is 6.88. The van der Waals surface area contributed by atoms with Crippen molar-refractivity contribution in [3.8, 4) is 6.07 Å². The monoisotopic (exact) mass is 476 g/mol. The molecule has 0 fully saturated rings. The number of rotatable bonds is 8. The first kappa shape index (κ1) is 24.0. The number of hydrogen-bond acceptors (Lipinski definition) is 7. The molecule has 3 aromatic rings. The van der Waals surface area contributed by atoms with E-state index >= 15 is 0 Å². The van der Waals surface area contributed by atoms with Crippen molar-refractivity contribution in [1.82, 2.24) is 14.7 Å². The summed E-state index contributed by atoms with van der Waals surface area (Å²) in [7, 11) is -3.97. The van der Waals surface area contributed by atoms with Gasteiger partial charge in [-0.3, -0.25) is 0 Å². The number of aromatic nitrogens is 2. The molecule has 0 bridgehead atoms. The van der Waals surface area contributed by atoms with E-state index in [-0.39, 0.29) is 23.9 Å². The number of benzene rings is 2. The number of anilines is 3. The Morgan fingerprint density at radius 1 is 1.00 bits per heavy atom. The van der Waals surface area contributed by atoms with Crippen LogP contribution >= 0.6 is 0 Å². The summed E-state index contributed by atoms with van der Waals surface area (Å²) < 4.78 is 64.8. The molecule has 2 aromatic carbocycles. The molecule has 0 aliphatic rings. The molecule has 0 saturated heterocycles. The molecule has 8 nitrogen and oxygen atoms in total. The van der Waals surface area contributed by atoms with E-state index in [1.165, 1.54) is 0 Å². The molecule has 0 aliphatic carbocycles. The zero-order valence-electron chi connectivity index (χ0n) is 17.3. The largest absolute Gasteiger partial charge is 0.416 e. The third kappa shape index (κ3) is 6.64. The van der Waals surface area contributed by atoms with Crippen molar-refractivity contribution >= 4 is 27.5 Å². The Kier molecular flexibility index (Phi) is 7.15. The molecule has 1 aromatic heterocycles. The predicted octanol–water partition coefficient (Wildman–Crippen LogP) is 3.81. The Balaban J connectivity index is 1.57. The van der Waals surface area contributed by atoms with Gasteiger partial charge >= 0.3 is 6.18 Å². The number of halogens is 3. The summed E-state index contributed by atoms with van der Waals surface area (Å²) in [6, 6.07) is 13.8. The highest BCUT2D eigenvalue weighted by molar-refractivity contribution is 7.89. The first-order valence-corrected chi connectivity index (χ1v) is 11.1. The van der Waals surface area contributed by atoms with Gasteiger partial charge in [-0.05, 0) is 55.5 Å². The SMILES string of the molecule is Cc1cc(Nc2ccc(C#N)cc2)nc(NCCNS(=O)(=O)c2ccc(C(F)(F)F)cc2)n1. The second-order valence-corrected chi connectivity index (χ2v) is 8.65. The summed E-state index contributed by atoms with van der Waals surface area (Å²) in [4.78, 5) is 8.29. The molecule has 0 saturated carbocycles. The smallest absolute Gasteiger partial charge is 0.353 e. The average Bonchev–Trinajstić information content (AvgIpc) is 2.76. The fraction of sp³-hybridized carbons (Fsp3) is 0.190. The zero-order chi connectivity index (χ0) is 24.1. The molecule has 1 heterocycles. The van der Waals surface area contributed by atoms with E-state index in [4.69, 9.17) is 5.26 Å². The van der Waals surface area contributed by atoms with Gasteiger partial charge in [0.05, 0.1) is 22.1 Å². The maximum absolute atomic E-state index is 12.6. The van der Waals surface area contributed by atoms with Gasteiger partial charge in [0.1, 0.15) is 5.82 Å². The fourth-order valence-corrected chi connectivity index (χ4v) is 3.79. The van der Waals surface area contributed by atoms with Crippen LogP contribution in [-0.4, -0.2) is 31.5 Å². The van der Waals surface area contributed by atoms with Gasteiger partial charge in [0.25, 0.3) is 0 Å². The Morgan fingerprint density at radius 3 is 2.27 bits per heavy atom. The number of nitriles is 1. The van der Waals surface area contributed by atoms with Crippen molar-refractivity contribution in [2.75, 3.05) is 23.7 Å². The summed E-state index contributed by atoms with van der Waals surface area (Å²) in [6.07, 6.45) is -4.54. The lowest BCUT2D eigenvalue weighted by Crippen LogP contribution is -2.29. The molecular weight excluding hydrogens is 457 g/mol. The molecule has 3 rings (SSSR count). The molecular formula is C21H19F3N6O2S. The van der Waals surface area contributed by atoms with E-state index in [0.29, 0.717) is 17.1 Å². The van der Waals surface area contributed by atoms with E-state index in [1.54, 1.807) is 37.3 Å².